The molecule has 0 spiro atoms. The van der Waals surface area contributed by atoms with Gasteiger partial charge in [0.1, 0.15) is 5.60 Å². The molecule has 0 heterocycles. The third kappa shape index (κ3) is 1.09. The van der Waals surface area contributed by atoms with Gasteiger partial charge >= 0.3 is 0 Å². The molecular weight excluding hydrogens is 150 g/mol. The van der Waals surface area contributed by atoms with Crippen LogP contribution in [0.2, 0.25) is 0 Å². The minimum atomic E-state index is -1.18. The first-order valence-corrected chi connectivity index (χ1v) is 4.25. The van der Waals surface area contributed by atoms with E-state index in [0.717, 1.165) is 19.3 Å². The molecule has 0 bridgehead atoms. The zero-order valence-corrected chi connectivity index (χ0v) is 7.30. The molecule has 1 aliphatic rings. The smallest absolute Gasteiger partial charge is 0.143 e. The first-order valence-electron chi connectivity index (χ1n) is 4.25. The van der Waals surface area contributed by atoms with Gasteiger partial charge in [0.2, 0.25) is 0 Å². The molecule has 0 amide bonds. The average molecular weight is 163 g/mol. The molecule has 1 atom stereocenters. The topological polar surface area (TPSA) is 44.0 Å². The molecule has 2 nitrogen and oxygen atoms in total. The first-order chi connectivity index (χ1) is 5.64. The molecule has 1 rings (SSSR count). The summed E-state index contributed by atoms with van der Waals surface area (Å²) in [6.07, 6.45) is 8.06. The summed E-state index contributed by atoms with van der Waals surface area (Å²) in [6.45, 7) is 1.95. The molecule has 0 aromatic heterocycles. The molecule has 1 saturated carbocycles. The molecular formula is C10H13NO. The van der Waals surface area contributed by atoms with Crippen LogP contribution in [0.15, 0.2) is 0 Å². The SMILES string of the molecule is C#C[C@](O)(CCC)C1(C#N)CC1. The predicted molar refractivity (Wildman–Crippen MR) is 46.0 cm³/mol. The van der Waals surface area contributed by atoms with Crippen LogP contribution >= 0.6 is 0 Å². The third-order valence-electron chi connectivity index (χ3n) is 2.61. The van der Waals surface area contributed by atoms with E-state index in [-0.39, 0.29) is 0 Å². The highest BCUT2D eigenvalue weighted by Gasteiger charge is 2.58. The molecule has 0 unspecified atom stereocenters. The van der Waals surface area contributed by atoms with Crippen LogP contribution in [0.1, 0.15) is 32.6 Å². The zero-order valence-electron chi connectivity index (χ0n) is 7.30. The number of nitrogens with zero attached hydrogens (tertiary/aromatic N) is 1. The van der Waals surface area contributed by atoms with E-state index in [2.05, 4.69) is 12.0 Å². The van der Waals surface area contributed by atoms with Crippen molar-refractivity contribution in [2.45, 2.75) is 38.2 Å². The summed E-state index contributed by atoms with van der Waals surface area (Å²) in [5, 5.41) is 18.8. The first kappa shape index (κ1) is 9.10. The minimum absolute atomic E-state index is 0.525. The molecule has 0 aromatic carbocycles. The van der Waals surface area contributed by atoms with E-state index < -0.39 is 11.0 Å². The number of aliphatic hydroxyl groups is 1. The van der Waals surface area contributed by atoms with Crippen LogP contribution in [-0.4, -0.2) is 10.7 Å². The van der Waals surface area contributed by atoms with Gasteiger partial charge in [-0.3, -0.25) is 0 Å². The highest BCUT2D eigenvalue weighted by atomic mass is 16.3. The van der Waals surface area contributed by atoms with Crippen LogP contribution in [0.25, 0.3) is 0 Å². The molecule has 0 saturated heterocycles. The van der Waals surface area contributed by atoms with Gasteiger partial charge in [0, 0.05) is 0 Å². The fraction of sp³-hybridized carbons (Fsp3) is 0.700. The van der Waals surface area contributed by atoms with Gasteiger partial charge in [-0.05, 0) is 19.3 Å². The van der Waals surface area contributed by atoms with Gasteiger partial charge in [0.05, 0.1) is 11.5 Å². The average Bonchev–Trinajstić information content (AvgIpc) is 2.85. The highest BCUT2D eigenvalue weighted by Crippen LogP contribution is 2.54. The van der Waals surface area contributed by atoms with E-state index >= 15 is 0 Å². The van der Waals surface area contributed by atoms with Crippen molar-refractivity contribution in [1.82, 2.24) is 0 Å². The van der Waals surface area contributed by atoms with E-state index in [1.165, 1.54) is 0 Å². The quantitative estimate of drug-likeness (QED) is 0.640. The Labute approximate surface area is 73.2 Å². The molecule has 0 aliphatic heterocycles. The van der Waals surface area contributed by atoms with Crippen LogP contribution in [0.5, 0.6) is 0 Å². The summed E-state index contributed by atoms with van der Waals surface area (Å²) in [5.74, 6) is 2.37. The summed E-state index contributed by atoms with van der Waals surface area (Å²) >= 11 is 0. The Bertz CT molecular complexity index is 254. The summed E-state index contributed by atoms with van der Waals surface area (Å²) in [5.41, 5.74) is -1.81. The Morgan fingerprint density at radius 1 is 1.67 bits per heavy atom. The van der Waals surface area contributed by atoms with Gasteiger partial charge in [-0.25, -0.2) is 0 Å². The highest BCUT2D eigenvalue weighted by molar-refractivity contribution is 5.29. The van der Waals surface area contributed by atoms with E-state index in [0.29, 0.717) is 6.42 Å². The summed E-state index contributed by atoms with van der Waals surface area (Å²) < 4.78 is 0. The van der Waals surface area contributed by atoms with Gasteiger partial charge < -0.3 is 5.11 Å². The Morgan fingerprint density at radius 2 is 2.25 bits per heavy atom. The van der Waals surface area contributed by atoms with Crippen molar-refractivity contribution in [2.24, 2.45) is 5.41 Å². The fourth-order valence-corrected chi connectivity index (χ4v) is 1.55. The van der Waals surface area contributed by atoms with Crippen molar-refractivity contribution in [3.63, 3.8) is 0 Å². The maximum atomic E-state index is 9.95. The molecule has 1 aliphatic carbocycles. The van der Waals surface area contributed by atoms with Gasteiger partial charge in [0.25, 0.3) is 0 Å². The second-order valence-electron chi connectivity index (χ2n) is 3.45. The fourth-order valence-electron chi connectivity index (χ4n) is 1.55. The normalized spacial score (nSPS) is 23.3. The molecule has 2 heteroatoms. The van der Waals surface area contributed by atoms with Crippen molar-refractivity contribution in [2.75, 3.05) is 0 Å². The molecule has 0 radical (unpaired) electrons. The van der Waals surface area contributed by atoms with Gasteiger partial charge in [0.15, 0.2) is 0 Å². The lowest BCUT2D eigenvalue weighted by atomic mass is 9.82. The second-order valence-corrected chi connectivity index (χ2v) is 3.45. The van der Waals surface area contributed by atoms with Gasteiger partial charge in [-0.1, -0.05) is 19.3 Å². The van der Waals surface area contributed by atoms with Crippen molar-refractivity contribution in [3.05, 3.63) is 0 Å². The van der Waals surface area contributed by atoms with E-state index in [9.17, 15) is 5.11 Å². The maximum Gasteiger partial charge on any atom is 0.143 e. The molecule has 64 valence electrons. The van der Waals surface area contributed by atoms with Gasteiger partial charge in [-0.2, -0.15) is 5.26 Å². The Morgan fingerprint density at radius 3 is 2.50 bits per heavy atom. The Kier molecular flexibility index (Phi) is 2.13. The summed E-state index contributed by atoms with van der Waals surface area (Å²) in [4.78, 5) is 0. The lowest BCUT2D eigenvalue weighted by Crippen LogP contribution is -2.37. The number of hydrogen-bond donors (Lipinski definition) is 1. The largest absolute Gasteiger partial charge is 0.376 e. The van der Waals surface area contributed by atoms with Crippen LogP contribution in [0.4, 0.5) is 0 Å². The monoisotopic (exact) mass is 163 g/mol. The molecule has 1 fully saturated rings. The van der Waals surface area contributed by atoms with Crippen LogP contribution in [-0.2, 0) is 0 Å². The lowest BCUT2D eigenvalue weighted by molar-refractivity contribution is 0.0396. The Balaban J connectivity index is 2.83. The van der Waals surface area contributed by atoms with Crippen molar-refractivity contribution < 1.29 is 5.11 Å². The van der Waals surface area contributed by atoms with E-state index in [4.69, 9.17) is 11.7 Å². The minimum Gasteiger partial charge on any atom is -0.376 e. The summed E-state index contributed by atoms with van der Waals surface area (Å²) in [7, 11) is 0. The lowest BCUT2D eigenvalue weighted by Gasteiger charge is -2.26. The standard InChI is InChI=1S/C10H13NO/c1-3-5-10(12,4-2)9(8-11)6-7-9/h2,12H,3,5-7H2,1H3/t10-/m0/s1. The van der Waals surface area contributed by atoms with Crippen molar-refractivity contribution >= 4 is 0 Å². The van der Waals surface area contributed by atoms with E-state index in [1.807, 2.05) is 6.92 Å². The molecule has 12 heavy (non-hydrogen) atoms. The number of hydrogen-bond acceptors (Lipinski definition) is 2. The van der Waals surface area contributed by atoms with Crippen LogP contribution < -0.4 is 0 Å². The van der Waals surface area contributed by atoms with Crippen molar-refractivity contribution in [1.29, 1.82) is 5.26 Å². The van der Waals surface area contributed by atoms with Crippen LogP contribution in [0.3, 0.4) is 0 Å². The van der Waals surface area contributed by atoms with Crippen LogP contribution in [0, 0.1) is 29.1 Å². The maximum absolute atomic E-state index is 9.95. The predicted octanol–water partition coefficient (Wildman–Crippen LogP) is 1.45. The molecule has 0 aromatic rings. The Hall–Kier alpha value is -0.990. The third-order valence-corrected chi connectivity index (χ3v) is 2.61. The van der Waals surface area contributed by atoms with Crippen molar-refractivity contribution in [3.8, 4) is 18.4 Å². The number of nitriles is 1. The van der Waals surface area contributed by atoms with E-state index in [1.54, 1.807) is 0 Å². The zero-order chi connectivity index (χ0) is 9.24. The number of terminal acetylenes is 1. The second kappa shape index (κ2) is 2.81. The number of rotatable bonds is 3. The van der Waals surface area contributed by atoms with Gasteiger partial charge in [-0.15, -0.1) is 6.42 Å². The molecule has 1 N–H and O–H groups in total. The summed E-state index contributed by atoms with van der Waals surface area (Å²) in [6, 6.07) is 2.14.